The molecule has 0 spiro atoms. The monoisotopic (exact) mass is 396 g/mol. The lowest BCUT2D eigenvalue weighted by Gasteiger charge is -2.33. The molecule has 2 atom stereocenters. The van der Waals surface area contributed by atoms with E-state index in [1.165, 1.54) is 0 Å². The predicted molar refractivity (Wildman–Crippen MR) is 93.6 cm³/mol. The van der Waals surface area contributed by atoms with Crippen LogP contribution in [0.3, 0.4) is 0 Å². The molecule has 0 radical (unpaired) electrons. The number of carbonyl (C=O) groups excluding carboxylic acids is 2. The van der Waals surface area contributed by atoms with Crippen molar-refractivity contribution in [1.82, 2.24) is 10.6 Å². The zero-order valence-corrected chi connectivity index (χ0v) is 15.3. The molecular formula is C17H21BrN2O4. The SMILES string of the molecule is C=C1NC(=O)N[C@@H](c2ccc(OC)c(Br)c2)[C@@H]1C(=O)OCCCC. The van der Waals surface area contributed by atoms with E-state index in [4.69, 9.17) is 9.47 Å². The number of nitrogens with one attached hydrogen (secondary N) is 2. The number of halogens is 1. The fourth-order valence-corrected chi connectivity index (χ4v) is 3.08. The minimum absolute atomic E-state index is 0.331. The molecule has 0 bridgehead atoms. The highest BCUT2D eigenvalue weighted by Gasteiger charge is 2.39. The highest BCUT2D eigenvalue weighted by molar-refractivity contribution is 9.10. The second-order valence-corrected chi connectivity index (χ2v) is 6.35. The fraction of sp³-hybridized carbons (Fsp3) is 0.412. The summed E-state index contributed by atoms with van der Waals surface area (Å²) in [5.41, 5.74) is 1.09. The molecule has 6 nitrogen and oxygen atoms in total. The molecule has 1 saturated heterocycles. The molecule has 2 rings (SSSR count). The quantitative estimate of drug-likeness (QED) is 0.571. The highest BCUT2D eigenvalue weighted by atomic mass is 79.9. The Morgan fingerprint density at radius 2 is 2.17 bits per heavy atom. The molecular weight excluding hydrogens is 376 g/mol. The first-order chi connectivity index (χ1) is 11.5. The van der Waals surface area contributed by atoms with Crippen molar-refractivity contribution >= 4 is 27.9 Å². The number of benzene rings is 1. The minimum Gasteiger partial charge on any atom is -0.496 e. The number of ether oxygens (including phenoxy) is 2. The molecule has 0 saturated carbocycles. The summed E-state index contributed by atoms with van der Waals surface area (Å²) in [6.45, 7) is 6.19. The summed E-state index contributed by atoms with van der Waals surface area (Å²) in [5.74, 6) is -0.433. The third-order valence-corrected chi connectivity index (χ3v) is 4.42. The van der Waals surface area contributed by atoms with E-state index in [-0.39, 0.29) is 0 Å². The van der Waals surface area contributed by atoms with Crippen LogP contribution >= 0.6 is 15.9 Å². The van der Waals surface area contributed by atoms with Gasteiger partial charge >= 0.3 is 12.0 Å². The van der Waals surface area contributed by atoms with Crippen LogP contribution in [0.25, 0.3) is 0 Å². The number of methoxy groups -OCH3 is 1. The van der Waals surface area contributed by atoms with Crippen LogP contribution in [0, 0.1) is 5.92 Å². The van der Waals surface area contributed by atoms with Gasteiger partial charge in [0.05, 0.1) is 24.2 Å². The number of rotatable bonds is 6. The lowest BCUT2D eigenvalue weighted by atomic mass is 9.89. The van der Waals surface area contributed by atoms with E-state index in [0.717, 1.165) is 22.9 Å². The molecule has 130 valence electrons. The van der Waals surface area contributed by atoms with Gasteiger partial charge in [-0.15, -0.1) is 0 Å². The molecule has 2 N–H and O–H groups in total. The van der Waals surface area contributed by atoms with Crippen molar-refractivity contribution in [3.05, 3.63) is 40.5 Å². The van der Waals surface area contributed by atoms with Gasteiger partial charge in [-0.1, -0.05) is 26.0 Å². The van der Waals surface area contributed by atoms with Crippen LogP contribution < -0.4 is 15.4 Å². The van der Waals surface area contributed by atoms with Crippen LogP contribution in [-0.4, -0.2) is 25.7 Å². The summed E-state index contributed by atoms with van der Waals surface area (Å²) < 4.78 is 11.3. The van der Waals surface area contributed by atoms with Gasteiger partial charge in [0.25, 0.3) is 0 Å². The van der Waals surface area contributed by atoms with Gasteiger partial charge in [0.1, 0.15) is 11.7 Å². The Bertz CT molecular complexity index is 647. The van der Waals surface area contributed by atoms with Crippen molar-refractivity contribution in [3.63, 3.8) is 0 Å². The average Bonchev–Trinajstić information content (AvgIpc) is 2.54. The average molecular weight is 397 g/mol. The first-order valence-corrected chi connectivity index (χ1v) is 8.53. The molecule has 1 fully saturated rings. The van der Waals surface area contributed by atoms with Crippen molar-refractivity contribution in [1.29, 1.82) is 0 Å². The Morgan fingerprint density at radius 1 is 1.42 bits per heavy atom. The maximum absolute atomic E-state index is 12.5. The van der Waals surface area contributed by atoms with E-state index >= 15 is 0 Å². The number of unbranched alkanes of at least 4 members (excludes halogenated alkanes) is 1. The number of urea groups is 1. The van der Waals surface area contributed by atoms with Gasteiger partial charge in [-0.3, -0.25) is 4.79 Å². The van der Waals surface area contributed by atoms with Crippen molar-refractivity contribution in [2.24, 2.45) is 5.92 Å². The first kappa shape index (κ1) is 18.3. The predicted octanol–water partition coefficient (Wildman–Crippen LogP) is 3.28. The molecule has 1 heterocycles. The van der Waals surface area contributed by atoms with E-state index in [2.05, 4.69) is 33.1 Å². The normalized spacial score (nSPS) is 20.1. The van der Waals surface area contributed by atoms with Gasteiger partial charge in [0.15, 0.2) is 0 Å². The first-order valence-electron chi connectivity index (χ1n) is 7.74. The molecule has 1 aliphatic heterocycles. The van der Waals surface area contributed by atoms with Crippen molar-refractivity contribution in [2.45, 2.75) is 25.8 Å². The van der Waals surface area contributed by atoms with Gasteiger partial charge in [0, 0.05) is 5.70 Å². The topological polar surface area (TPSA) is 76.7 Å². The van der Waals surface area contributed by atoms with Crippen LogP contribution in [0.15, 0.2) is 34.9 Å². The number of amides is 2. The van der Waals surface area contributed by atoms with Gasteiger partial charge in [0.2, 0.25) is 0 Å². The minimum atomic E-state index is -0.695. The van der Waals surface area contributed by atoms with E-state index < -0.39 is 24.0 Å². The van der Waals surface area contributed by atoms with Gasteiger partial charge in [-0.25, -0.2) is 4.79 Å². The summed E-state index contributed by atoms with van der Waals surface area (Å²) in [5, 5.41) is 5.33. The van der Waals surface area contributed by atoms with E-state index in [9.17, 15) is 9.59 Å². The fourth-order valence-electron chi connectivity index (χ4n) is 2.52. The maximum atomic E-state index is 12.5. The van der Waals surface area contributed by atoms with E-state index in [1.54, 1.807) is 19.2 Å². The zero-order valence-electron chi connectivity index (χ0n) is 13.7. The lowest BCUT2D eigenvalue weighted by Crippen LogP contribution is -2.51. The second-order valence-electron chi connectivity index (χ2n) is 5.49. The molecule has 0 aromatic heterocycles. The molecule has 0 aliphatic carbocycles. The van der Waals surface area contributed by atoms with Crippen LogP contribution in [-0.2, 0) is 9.53 Å². The molecule has 1 aromatic rings. The van der Waals surface area contributed by atoms with Gasteiger partial charge < -0.3 is 20.1 Å². The number of carbonyl (C=O) groups is 2. The Labute approximate surface area is 149 Å². The van der Waals surface area contributed by atoms with Crippen molar-refractivity contribution in [2.75, 3.05) is 13.7 Å². The number of hydrogen-bond donors (Lipinski definition) is 2. The van der Waals surface area contributed by atoms with Crippen LogP contribution in [0.1, 0.15) is 31.4 Å². The Kier molecular flexibility index (Phi) is 6.25. The van der Waals surface area contributed by atoms with Crippen molar-refractivity contribution < 1.29 is 19.1 Å². The van der Waals surface area contributed by atoms with E-state index in [1.807, 2.05) is 13.0 Å². The molecule has 24 heavy (non-hydrogen) atoms. The Balaban J connectivity index is 2.28. The van der Waals surface area contributed by atoms with Crippen molar-refractivity contribution in [3.8, 4) is 5.75 Å². The Hall–Kier alpha value is -2.02. The Morgan fingerprint density at radius 3 is 2.79 bits per heavy atom. The summed E-state index contributed by atoms with van der Waals surface area (Å²) in [6.07, 6.45) is 1.73. The molecule has 0 unspecified atom stereocenters. The number of hydrogen-bond acceptors (Lipinski definition) is 4. The molecule has 1 aliphatic rings. The van der Waals surface area contributed by atoms with Crippen LogP contribution in [0.2, 0.25) is 0 Å². The lowest BCUT2D eigenvalue weighted by molar-refractivity contribution is -0.148. The highest BCUT2D eigenvalue weighted by Crippen LogP contribution is 2.34. The molecule has 7 heteroatoms. The summed E-state index contributed by atoms with van der Waals surface area (Å²) in [4.78, 5) is 24.3. The van der Waals surface area contributed by atoms with E-state index in [0.29, 0.717) is 18.1 Å². The largest absolute Gasteiger partial charge is 0.496 e. The summed E-state index contributed by atoms with van der Waals surface area (Å²) in [7, 11) is 1.57. The zero-order chi connectivity index (χ0) is 17.7. The summed E-state index contributed by atoms with van der Waals surface area (Å²) >= 11 is 3.42. The van der Waals surface area contributed by atoms with Gasteiger partial charge in [-0.2, -0.15) is 0 Å². The number of esters is 1. The third-order valence-electron chi connectivity index (χ3n) is 3.80. The van der Waals surface area contributed by atoms with Crippen LogP contribution in [0.4, 0.5) is 4.79 Å². The third kappa shape index (κ3) is 4.08. The summed E-state index contributed by atoms with van der Waals surface area (Å²) in [6, 6.07) is 4.45. The maximum Gasteiger partial charge on any atom is 0.319 e. The molecule has 2 amide bonds. The smallest absolute Gasteiger partial charge is 0.319 e. The van der Waals surface area contributed by atoms with Crippen LogP contribution in [0.5, 0.6) is 5.75 Å². The molecule has 1 aromatic carbocycles. The second kappa shape index (κ2) is 8.19. The standard InChI is InChI=1S/C17H21BrN2O4/c1-4-5-8-24-16(21)14-10(2)19-17(22)20-15(14)11-6-7-13(23-3)12(18)9-11/h6-7,9,14-15H,2,4-5,8H2,1,3H3,(H2,19,20,22)/t14-,15+/m1/s1. The van der Waals surface area contributed by atoms with Gasteiger partial charge in [-0.05, 0) is 40.0 Å².